The van der Waals surface area contributed by atoms with Gasteiger partial charge in [-0.15, -0.1) is 0 Å². The Labute approximate surface area is 99.1 Å². The second-order valence-electron chi connectivity index (χ2n) is 4.13. The molecule has 92 valence electrons. The molecule has 1 fully saturated rings. The third-order valence-corrected chi connectivity index (χ3v) is 2.74. The van der Waals surface area contributed by atoms with Crippen molar-refractivity contribution in [2.75, 3.05) is 6.54 Å². The molecule has 0 saturated carbocycles. The maximum absolute atomic E-state index is 11.6. The van der Waals surface area contributed by atoms with Crippen LogP contribution in [0.15, 0.2) is 22.8 Å². The van der Waals surface area contributed by atoms with Crippen molar-refractivity contribution in [3.63, 3.8) is 0 Å². The highest BCUT2D eigenvalue weighted by Gasteiger charge is 2.28. The van der Waals surface area contributed by atoms with Gasteiger partial charge in [0.15, 0.2) is 5.76 Å². The molecule has 17 heavy (non-hydrogen) atoms. The third-order valence-electron chi connectivity index (χ3n) is 2.74. The van der Waals surface area contributed by atoms with E-state index in [1.165, 1.54) is 6.26 Å². The summed E-state index contributed by atoms with van der Waals surface area (Å²) < 4.78 is 10.3. The van der Waals surface area contributed by atoms with Crippen LogP contribution in [-0.2, 0) is 9.53 Å². The van der Waals surface area contributed by atoms with E-state index in [-0.39, 0.29) is 30.1 Å². The molecule has 0 radical (unpaired) electrons. The maximum atomic E-state index is 11.6. The standard InChI is InChI=1S/C12H15NO4/c1-8-4-5-11(17-8)12(15)13-7-9(14)10-3-2-6-16-10/h2-3,6,8,11H,4-5,7H2,1H3,(H,13,15). The van der Waals surface area contributed by atoms with Gasteiger partial charge in [0.1, 0.15) is 6.10 Å². The predicted molar refractivity (Wildman–Crippen MR) is 59.6 cm³/mol. The Kier molecular flexibility index (Phi) is 3.58. The number of hydrogen-bond acceptors (Lipinski definition) is 4. The molecule has 5 heteroatoms. The van der Waals surface area contributed by atoms with Gasteiger partial charge in [-0.2, -0.15) is 0 Å². The molecule has 2 unspecified atom stereocenters. The first-order chi connectivity index (χ1) is 8.16. The molecule has 2 rings (SSSR count). The normalized spacial score (nSPS) is 23.6. The summed E-state index contributed by atoms with van der Waals surface area (Å²) in [5.74, 6) is -0.213. The molecule has 0 spiro atoms. The molecular weight excluding hydrogens is 222 g/mol. The Hall–Kier alpha value is -1.62. The van der Waals surface area contributed by atoms with Crippen LogP contribution in [0, 0.1) is 0 Å². The Bertz CT molecular complexity index is 399. The molecule has 0 aliphatic carbocycles. The molecule has 1 saturated heterocycles. The summed E-state index contributed by atoms with van der Waals surface area (Å²) >= 11 is 0. The first kappa shape index (κ1) is 11.9. The van der Waals surface area contributed by atoms with Gasteiger partial charge in [0, 0.05) is 0 Å². The van der Waals surface area contributed by atoms with Crippen molar-refractivity contribution >= 4 is 11.7 Å². The number of furan rings is 1. The maximum Gasteiger partial charge on any atom is 0.249 e. The number of nitrogens with one attached hydrogen (secondary N) is 1. The minimum atomic E-state index is -0.422. The fourth-order valence-corrected chi connectivity index (χ4v) is 1.80. The van der Waals surface area contributed by atoms with Crippen LogP contribution in [0.5, 0.6) is 0 Å². The summed E-state index contributed by atoms with van der Waals surface area (Å²) in [5.41, 5.74) is 0. The highest BCUT2D eigenvalue weighted by atomic mass is 16.5. The quantitative estimate of drug-likeness (QED) is 0.797. The van der Waals surface area contributed by atoms with Crippen molar-refractivity contribution in [2.45, 2.75) is 32.0 Å². The second-order valence-corrected chi connectivity index (χ2v) is 4.13. The summed E-state index contributed by atoms with van der Waals surface area (Å²) in [4.78, 5) is 23.2. The fourth-order valence-electron chi connectivity index (χ4n) is 1.80. The lowest BCUT2D eigenvalue weighted by molar-refractivity contribution is -0.131. The van der Waals surface area contributed by atoms with Gasteiger partial charge in [-0.05, 0) is 31.9 Å². The number of ketones is 1. The lowest BCUT2D eigenvalue weighted by atomic mass is 10.2. The van der Waals surface area contributed by atoms with E-state index in [4.69, 9.17) is 9.15 Å². The van der Waals surface area contributed by atoms with E-state index in [0.29, 0.717) is 6.42 Å². The number of carbonyl (C=O) groups excluding carboxylic acids is 2. The highest BCUT2D eigenvalue weighted by molar-refractivity contribution is 5.97. The molecule has 1 aliphatic heterocycles. The predicted octanol–water partition coefficient (Wildman–Crippen LogP) is 1.15. The van der Waals surface area contributed by atoms with E-state index in [2.05, 4.69) is 5.32 Å². The summed E-state index contributed by atoms with van der Waals surface area (Å²) in [5, 5.41) is 2.56. The zero-order chi connectivity index (χ0) is 12.3. The summed E-state index contributed by atoms with van der Waals surface area (Å²) in [7, 11) is 0. The highest BCUT2D eigenvalue weighted by Crippen LogP contribution is 2.18. The van der Waals surface area contributed by atoms with Crippen LogP contribution in [0.2, 0.25) is 0 Å². The Morgan fingerprint density at radius 2 is 2.29 bits per heavy atom. The molecule has 1 aromatic rings. The van der Waals surface area contributed by atoms with Crippen LogP contribution >= 0.6 is 0 Å². The van der Waals surface area contributed by atoms with Gasteiger partial charge in [0.25, 0.3) is 0 Å². The second kappa shape index (κ2) is 5.14. The van der Waals surface area contributed by atoms with E-state index >= 15 is 0 Å². The molecule has 1 aromatic heterocycles. The van der Waals surface area contributed by atoms with E-state index in [1.807, 2.05) is 6.92 Å². The molecule has 1 amide bonds. The number of amides is 1. The van der Waals surface area contributed by atoms with Gasteiger partial charge in [-0.25, -0.2) is 0 Å². The lowest BCUT2D eigenvalue weighted by Gasteiger charge is -2.10. The first-order valence-corrected chi connectivity index (χ1v) is 5.66. The van der Waals surface area contributed by atoms with E-state index in [1.54, 1.807) is 12.1 Å². The van der Waals surface area contributed by atoms with Crippen LogP contribution in [-0.4, -0.2) is 30.4 Å². The van der Waals surface area contributed by atoms with Crippen LogP contribution in [0.3, 0.4) is 0 Å². The van der Waals surface area contributed by atoms with E-state index in [0.717, 1.165) is 6.42 Å². The largest absolute Gasteiger partial charge is 0.461 e. The minimum absolute atomic E-state index is 0.0550. The fraction of sp³-hybridized carbons (Fsp3) is 0.500. The van der Waals surface area contributed by atoms with Crippen molar-refractivity contribution in [1.29, 1.82) is 0 Å². The number of hydrogen-bond donors (Lipinski definition) is 1. The van der Waals surface area contributed by atoms with Crippen molar-refractivity contribution < 1.29 is 18.7 Å². The smallest absolute Gasteiger partial charge is 0.249 e. The van der Waals surface area contributed by atoms with Gasteiger partial charge >= 0.3 is 0 Å². The topological polar surface area (TPSA) is 68.5 Å². The number of ether oxygens (including phenoxy) is 1. The monoisotopic (exact) mass is 237 g/mol. The number of carbonyl (C=O) groups is 2. The Morgan fingerprint density at radius 1 is 1.47 bits per heavy atom. The summed E-state index contributed by atoms with van der Waals surface area (Å²) in [6, 6.07) is 3.21. The van der Waals surface area contributed by atoms with Gasteiger partial charge in [0.05, 0.1) is 18.9 Å². The number of rotatable bonds is 4. The average molecular weight is 237 g/mol. The van der Waals surface area contributed by atoms with Gasteiger partial charge in [0.2, 0.25) is 11.7 Å². The summed E-state index contributed by atoms with van der Waals surface area (Å²) in [6.45, 7) is 1.88. The average Bonchev–Trinajstić information content (AvgIpc) is 2.95. The molecule has 0 aromatic carbocycles. The Balaban J connectivity index is 1.78. The van der Waals surface area contributed by atoms with Crippen molar-refractivity contribution in [1.82, 2.24) is 5.32 Å². The molecular formula is C12H15NO4. The van der Waals surface area contributed by atoms with E-state index in [9.17, 15) is 9.59 Å². The van der Waals surface area contributed by atoms with Crippen molar-refractivity contribution in [2.24, 2.45) is 0 Å². The van der Waals surface area contributed by atoms with Crippen LogP contribution < -0.4 is 5.32 Å². The molecule has 0 bridgehead atoms. The molecule has 2 atom stereocenters. The molecule has 2 heterocycles. The van der Waals surface area contributed by atoms with E-state index < -0.39 is 6.10 Å². The summed E-state index contributed by atoms with van der Waals surface area (Å²) in [6.07, 6.45) is 2.71. The molecule has 1 N–H and O–H groups in total. The van der Waals surface area contributed by atoms with Gasteiger partial charge in [-0.3, -0.25) is 9.59 Å². The van der Waals surface area contributed by atoms with Crippen LogP contribution in [0.1, 0.15) is 30.3 Å². The number of Topliss-reactive ketones (excluding diaryl/α,β-unsaturated/α-hetero) is 1. The van der Waals surface area contributed by atoms with Gasteiger partial charge in [-0.1, -0.05) is 0 Å². The third kappa shape index (κ3) is 2.94. The lowest BCUT2D eigenvalue weighted by Crippen LogP contribution is -2.37. The Morgan fingerprint density at radius 3 is 2.88 bits per heavy atom. The van der Waals surface area contributed by atoms with Crippen molar-refractivity contribution in [3.8, 4) is 0 Å². The minimum Gasteiger partial charge on any atom is -0.461 e. The molecule has 5 nitrogen and oxygen atoms in total. The SMILES string of the molecule is CC1CCC(C(=O)NCC(=O)c2ccco2)O1. The zero-order valence-electron chi connectivity index (χ0n) is 9.64. The molecule has 1 aliphatic rings. The van der Waals surface area contributed by atoms with Crippen LogP contribution in [0.25, 0.3) is 0 Å². The first-order valence-electron chi connectivity index (χ1n) is 5.66. The van der Waals surface area contributed by atoms with Crippen LogP contribution in [0.4, 0.5) is 0 Å². The van der Waals surface area contributed by atoms with Crippen molar-refractivity contribution in [3.05, 3.63) is 24.2 Å². The zero-order valence-corrected chi connectivity index (χ0v) is 9.64. The van der Waals surface area contributed by atoms with Gasteiger partial charge < -0.3 is 14.5 Å².